The molecule has 0 spiro atoms. The summed E-state index contributed by atoms with van der Waals surface area (Å²) in [6.45, 7) is 16.9. The van der Waals surface area contributed by atoms with Crippen LogP contribution in [0.5, 0.6) is 0 Å². The molecule has 0 saturated carbocycles. The van der Waals surface area contributed by atoms with E-state index in [-0.39, 0.29) is 16.3 Å². The van der Waals surface area contributed by atoms with Crippen molar-refractivity contribution in [2.45, 2.75) is 78.2 Å². The minimum atomic E-state index is -0.639. The zero-order valence-electron chi connectivity index (χ0n) is 18.4. The molecule has 0 bridgehead atoms. The summed E-state index contributed by atoms with van der Waals surface area (Å²) in [6.07, 6.45) is 1.62. The second-order valence-corrected chi connectivity index (χ2v) is 12.6. The molecule has 1 aromatic carbocycles. The van der Waals surface area contributed by atoms with Crippen molar-refractivity contribution in [1.29, 1.82) is 0 Å². The quantitative estimate of drug-likeness (QED) is 0.542. The highest BCUT2D eigenvalue weighted by Gasteiger charge is 2.24. The predicted octanol–water partition coefficient (Wildman–Crippen LogP) is 3.84. The Labute approximate surface area is 170 Å². The highest BCUT2D eigenvalue weighted by molar-refractivity contribution is 6.31. The van der Waals surface area contributed by atoms with Gasteiger partial charge in [-0.05, 0) is 50.8 Å². The van der Waals surface area contributed by atoms with Gasteiger partial charge in [0.2, 0.25) is 0 Å². The van der Waals surface area contributed by atoms with E-state index in [1.165, 1.54) is 0 Å². The van der Waals surface area contributed by atoms with Crippen molar-refractivity contribution >= 4 is 15.7 Å². The molecule has 0 aliphatic heterocycles. The first-order chi connectivity index (χ1) is 12.8. The fourth-order valence-electron chi connectivity index (χ4n) is 2.48. The van der Waals surface area contributed by atoms with Gasteiger partial charge in [-0.1, -0.05) is 50.3 Å². The molecule has 1 heterocycles. The van der Waals surface area contributed by atoms with E-state index >= 15 is 0 Å². The van der Waals surface area contributed by atoms with E-state index in [0.29, 0.717) is 6.54 Å². The molecule has 6 nitrogen and oxygen atoms in total. The Balaban J connectivity index is 2.02. The minimum absolute atomic E-state index is 0.216. The van der Waals surface area contributed by atoms with Crippen molar-refractivity contribution in [3.63, 3.8) is 0 Å². The summed E-state index contributed by atoms with van der Waals surface area (Å²) in [6, 6.07) is 8.32. The van der Waals surface area contributed by atoms with Crippen LogP contribution in [0.1, 0.15) is 77.0 Å². The average molecular weight is 404 g/mol. The molecule has 0 fully saturated rings. The number of carbonyl (C=O) groups is 1. The van der Waals surface area contributed by atoms with E-state index in [2.05, 4.69) is 69.2 Å². The van der Waals surface area contributed by atoms with Crippen molar-refractivity contribution in [3.05, 3.63) is 47.3 Å². The van der Waals surface area contributed by atoms with Crippen LogP contribution in [-0.4, -0.2) is 36.3 Å². The fourth-order valence-corrected chi connectivity index (χ4v) is 3.44. The van der Waals surface area contributed by atoms with Crippen LogP contribution in [-0.2, 0) is 21.3 Å². The Kier molecular flexibility index (Phi) is 6.50. The third-order valence-corrected chi connectivity index (χ3v) is 5.74. The molecule has 28 heavy (non-hydrogen) atoms. The van der Waals surface area contributed by atoms with Gasteiger partial charge in [-0.15, -0.1) is 5.10 Å². The highest BCUT2D eigenvalue weighted by Crippen LogP contribution is 2.29. The number of hydrogen-bond acceptors (Lipinski definition) is 5. The summed E-state index contributed by atoms with van der Waals surface area (Å²) in [5, 5.41) is 8.22. The SMILES string of the molecule is CC(C)(C)OC(=O)c1cn(Cc2ccc(C(C)(C)O[SiH2]C(C)(C)C)cc2)nn1. The molecular weight excluding hydrogens is 370 g/mol. The molecule has 0 radical (unpaired) electrons. The number of esters is 1. The zero-order chi connectivity index (χ0) is 21.2. The molecule has 7 heteroatoms. The van der Waals surface area contributed by atoms with E-state index in [1.807, 2.05) is 20.8 Å². The third-order valence-electron chi connectivity index (χ3n) is 4.01. The number of aromatic nitrogens is 3. The summed E-state index contributed by atoms with van der Waals surface area (Å²) in [5.41, 5.74) is 1.60. The Morgan fingerprint density at radius 2 is 1.64 bits per heavy atom. The lowest BCUT2D eigenvalue weighted by Gasteiger charge is -2.30. The number of nitrogens with zero attached hydrogens (tertiary/aromatic N) is 3. The van der Waals surface area contributed by atoms with Crippen molar-refractivity contribution < 1.29 is 14.0 Å². The first-order valence-corrected chi connectivity index (χ1v) is 10.9. The van der Waals surface area contributed by atoms with Crippen LogP contribution in [0.2, 0.25) is 5.04 Å². The summed E-state index contributed by atoms with van der Waals surface area (Å²) in [4.78, 5) is 12.1. The number of hydrogen-bond donors (Lipinski definition) is 0. The number of rotatable bonds is 6. The minimum Gasteiger partial charge on any atom is -0.455 e. The van der Waals surface area contributed by atoms with Gasteiger partial charge in [-0.25, -0.2) is 9.48 Å². The van der Waals surface area contributed by atoms with E-state index < -0.39 is 21.3 Å². The van der Waals surface area contributed by atoms with Crippen LogP contribution >= 0.6 is 0 Å². The molecule has 0 aliphatic carbocycles. The fraction of sp³-hybridized carbons (Fsp3) is 0.571. The maximum absolute atomic E-state index is 12.1. The van der Waals surface area contributed by atoms with Crippen LogP contribution in [0, 0.1) is 0 Å². The molecule has 154 valence electrons. The van der Waals surface area contributed by atoms with Crippen LogP contribution in [0.4, 0.5) is 0 Å². The van der Waals surface area contributed by atoms with Crippen molar-refractivity contribution in [2.24, 2.45) is 0 Å². The van der Waals surface area contributed by atoms with Crippen molar-refractivity contribution in [2.75, 3.05) is 0 Å². The van der Waals surface area contributed by atoms with Gasteiger partial charge in [0.25, 0.3) is 0 Å². The number of benzene rings is 1. The van der Waals surface area contributed by atoms with Crippen molar-refractivity contribution in [3.8, 4) is 0 Å². The molecule has 2 aromatic rings. The lowest BCUT2D eigenvalue weighted by atomic mass is 9.97. The second kappa shape index (κ2) is 8.17. The smallest absolute Gasteiger partial charge is 0.361 e. The Morgan fingerprint density at radius 1 is 1.04 bits per heavy atom. The summed E-state index contributed by atoms with van der Waals surface area (Å²) < 4.78 is 13.2. The molecule has 0 aliphatic rings. The van der Waals surface area contributed by atoms with Gasteiger partial charge in [0.1, 0.15) is 5.60 Å². The van der Waals surface area contributed by atoms with Gasteiger partial charge in [0.05, 0.1) is 18.3 Å². The van der Waals surface area contributed by atoms with Gasteiger partial charge in [-0.2, -0.15) is 0 Å². The molecule has 0 amide bonds. The normalized spacial score (nSPS) is 13.3. The monoisotopic (exact) mass is 403 g/mol. The number of ether oxygens (including phenoxy) is 1. The Morgan fingerprint density at radius 3 is 2.18 bits per heavy atom. The molecule has 1 aromatic heterocycles. The number of carbonyl (C=O) groups excluding carboxylic acids is 1. The summed E-state index contributed by atoms with van der Waals surface area (Å²) >= 11 is 0. The Hall–Kier alpha value is -1.99. The molecule has 0 atom stereocenters. The molecule has 0 N–H and O–H groups in total. The standard InChI is InChI=1S/C21H33N3O3Si/c1-19(2,3)26-18(25)17-14-24(23-22-17)13-15-9-11-16(12-10-15)21(7,8)27-28-20(4,5)6/h9-12,14H,13,28H2,1-8H3. The first-order valence-electron chi connectivity index (χ1n) is 9.62. The summed E-state index contributed by atoms with van der Waals surface area (Å²) in [7, 11) is -0.639. The van der Waals surface area contributed by atoms with E-state index in [0.717, 1.165) is 11.1 Å². The third kappa shape index (κ3) is 6.87. The van der Waals surface area contributed by atoms with E-state index in [4.69, 9.17) is 9.16 Å². The van der Waals surface area contributed by atoms with Crippen molar-refractivity contribution in [1.82, 2.24) is 15.0 Å². The zero-order valence-corrected chi connectivity index (χ0v) is 19.8. The Bertz CT molecular complexity index is 800. The molecule has 2 rings (SSSR count). The lowest BCUT2D eigenvalue weighted by Crippen LogP contribution is -2.27. The van der Waals surface area contributed by atoms with Crippen LogP contribution in [0.25, 0.3) is 0 Å². The lowest BCUT2D eigenvalue weighted by molar-refractivity contribution is 0.00626. The summed E-state index contributed by atoms with van der Waals surface area (Å²) in [5.74, 6) is -0.462. The molecule has 0 saturated heterocycles. The van der Waals surface area contributed by atoms with Gasteiger partial charge in [0, 0.05) is 0 Å². The van der Waals surface area contributed by atoms with Gasteiger partial charge in [-0.3, -0.25) is 0 Å². The van der Waals surface area contributed by atoms with E-state index in [1.54, 1.807) is 10.9 Å². The second-order valence-electron chi connectivity index (χ2n) is 9.86. The largest absolute Gasteiger partial charge is 0.455 e. The van der Waals surface area contributed by atoms with Gasteiger partial charge < -0.3 is 9.16 Å². The highest BCUT2D eigenvalue weighted by atomic mass is 28.2. The topological polar surface area (TPSA) is 66.2 Å². The molecular formula is C21H33N3O3Si. The maximum atomic E-state index is 12.1. The van der Waals surface area contributed by atoms with Gasteiger partial charge in [0.15, 0.2) is 15.5 Å². The van der Waals surface area contributed by atoms with Gasteiger partial charge >= 0.3 is 5.97 Å². The van der Waals surface area contributed by atoms with E-state index in [9.17, 15) is 4.79 Å². The van der Waals surface area contributed by atoms with Crippen LogP contribution < -0.4 is 0 Å². The molecule has 0 unspecified atom stereocenters. The van der Waals surface area contributed by atoms with Crippen LogP contribution in [0.3, 0.4) is 0 Å². The van der Waals surface area contributed by atoms with Crippen LogP contribution in [0.15, 0.2) is 30.5 Å². The predicted molar refractivity (Wildman–Crippen MR) is 113 cm³/mol. The first kappa shape index (κ1) is 22.3. The average Bonchev–Trinajstić information content (AvgIpc) is 3.00. The maximum Gasteiger partial charge on any atom is 0.361 e.